The first-order valence-corrected chi connectivity index (χ1v) is 13.6. The van der Waals surface area contributed by atoms with Gasteiger partial charge in [0.2, 0.25) is 5.91 Å². The van der Waals surface area contributed by atoms with Gasteiger partial charge in [-0.3, -0.25) is 14.4 Å². The van der Waals surface area contributed by atoms with Crippen molar-refractivity contribution in [1.82, 2.24) is 10.2 Å². The second kappa shape index (κ2) is 11.7. The summed E-state index contributed by atoms with van der Waals surface area (Å²) in [5.74, 6) is -1.57. The van der Waals surface area contributed by atoms with Gasteiger partial charge in [-0.05, 0) is 63.5 Å². The van der Waals surface area contributed by atoms with Gasteiger partial charge >= 0.3 is 0 Å². The number of carbonyl (C=O) groups is 3. The van der Waals surface area contributed by atoms with Crippen LogP contribution < -0.4 is 5.32 Å². The number of rotatable bonds is 8. The van der Waals surface area contributed by atoms with Crippen molar-refractivity contribution in [3.63, 3.8) is 0 Å². The number of Topliss-reactive ketones (excluding diaryl/α,β-unsaturated/α-hetero) is 1. The second-order valence-electron chi connectivity index (χ2n) is 11.4. The highest BCUT2D eigenvalue weighted by molar-refractivity contribution is 5.99. The maximum atomic E-state index is 16.0. The summed E-state index contributed by atoms with van der Waals surface area (Å²) in [6.07, 6.45) is 7.06. The number of ketones is 1. The van der Waals surface area contributed by atoms with Crippen molar-refractivity contribution in [2.75, 3.05) is 6.54 Å². The van der Waals surface area contributed by atoms with E-state index in [4.69, 9.17) is 0 Å². The number of carbonyl (C=O) groups excluding carboxylic acids is 3. The number of piperidine rings is 1. The zero-order chi connectivity index (χ0) is 26.6. The molecule has 5 nitrogen and oxygen atoms in total. The van der Waals surface area contributed by atoms with E-state index in [1.165, 1.54) is 6.07 Å². The highest BCUT2D eigenvalue weighted by Gasteiger charge is 2.43. The number of likely N-dealkylation sites (tertiary alicyclic amines) is 1. The Hall–Kier alpha value is -2.50. The summed E-state index contributed by atoms with van der Waals surface area (Å²) in [5, 5.41) is 2.92. The monoisotopic (exact) mass is 498 g/mol. The summed E-state index contributed by atoms with van der Waals surface area (Å²) in [4.78, 5) is 41.2. The number of hydrogen-bond acceptors (Lipinski definition) is 3. The number of benzene rings is 1. The number of nitrogens with zero attached hydrogens (tertiary/aromatic N) is 1. The predicted molar refractivity (Wildman–Crippen MR) is 141 cm³/mol. The Morgan fingerprint density at radius 1 is 1.11 bits per heavy atom. The molecule has 2 fully saturated rings. The smallest absolute Gasteiger partial charge is 0.254 e. The Morgan fingerprint density at radius 3 is 2.39 bits per heavy atom. The molecule has 1 aromatic rings. The summed E-state index contributed by atoms with van der Waals surface area (Å²) in [6, 6.07) is 4.32. The molecule has 1 saturated heterocycles. The van der Waals surface area contributed by atoms with Crippen molar-refractivity contribution >= 4 is 17.6 Å². The van der Waals surface area contributed by atoms with E-state index in [1.54, 1.807) is 17.0 Å². The van der Waals surface area contributed by atoms with Crippen LogP contribution in [0.5, 0.6) is 0 Å². The third kappa shape index (κ3) is 5.73. The van der Waals surface area contributed by atoms with E-state index >= 15 is 4.39 Å². The summed E-state index contributed by atoms with van der Waals surface area (Å²) < 4.78 is 16.0. The third-order valence-corrected chi connectivity index (χ3v) is 8.33. The number of nitrogens with one attached hydrogen (secondary N) is 1. The molecule has 2 aliphatic rings. The molecular weight excluding hydrogens is 455 g/mol. The van der Waals surface area contributed by atoms with E-state index in [0.717, 1.165) is 38.5 Å². The van der Waals surface area contributed by atoms with Gasteiger partial charge in [-0.15, -0.1) is 0 Å². The molecule has 36 heavy (non-hydrogen) atoms. The lowest BCUT2D eigenvalue weighted by Crippen LogP contribution is -2.55. The quantitative estimate of drug-likeness (QED) is 0.435. The molecule has 198 valence electrons. The maximum absolute atomic E-state index is 16.0. The van der Waals surface area contributed by atoms with Gasteiger partial charge in [0, 0.05) is 29.5 Å². The van der Waals surface area contributed by atoms with Crippen LogP contribution in [0, 0.1) is 17.7 Å². The Kier molecular flexibility index (Phi) is 9.13. The fourth-order valence-electron chi connectivity index (χ4n) is 5.99. The third-order valence-electron chi connectivity index (χ3n) is 8.33. The molecule has 0 aromatic heterocycles. The molecule has 2 atom stereocenters. The fraction of sp³-hybridized carbons (Fsp3) is 0.633. The molecule has 6 heteroatoms. The first kappa shape index (κ1) is 28.1. The number of hydrogen-bond donors (Lipinski definition) is 1. The van der Waals surface area contributed by atoms with Crippen LogP contribution in [0.15, 0.2) is 30.4 Å². The van der Waals surface area contributed by atoms with Crippen LogP contribution in [0.4, 0.5) is 4.39 Å². The lowest BCUT2D eigenvalue weighted by Gasteiger charge is -2.48. The minimum atomic E-state index is -0.637. The van der Waals surface area contributed by atoms with Crippen molar-refractivity contribution < 1.29 is 18.8 Å². The lowest BCUT2D eigenvalue weighted by molar-refractivity contribution is -0.135. The Labute approximate surface area is 215 Å². The van der Waals surface area contributed by atoms with Gasteiger partial charge in [-0.1, -0.05) is 58.7 Å². The molecule has 0 spiro atoms. The van der Waals surface area contributed by atoms with Crippen molar-refractivity contribution in [1.29, 1.82) is 0 Å². The molecule has 3 rings (SSSR count). The minimum absolute atomic E-state index is 0.00512. The Morgan fingerprint density at radius 2 is 1.78 bits per heavy atom. The first-order chi connectivity index (χ1) is 17.0. The average Bonchev–Trinajstić information content (AvgIpc) is 2.86. The van der Waals surface area contributed by atoms with Gasteiger partial charge in [-0.25, -0.2) is 4.39 Å². The van der Waals surface area contributed by atoms with Crippen LogP contribution in [0.25, 0.3) is 0 Å². The van der Waals surface area contributed by atoms with Crippen molar-refractivity contribution in [2.24, 2.45) is 11.8 Å². The highest BCUT2D eigenvalue weighted by Crippen LogP contribution is 2.42. The van der Waals surface area contributed by atoms with Crippen LogP contribution in [0.2, 0.25) is 0 Å². The molecule has 1 heterocycles. The van der Waals surface area contributed by atoms with Crippen molar-refractivity contribution in [3.05, 3.63) is 47.3 Å². The molecule has 1 saturated carbocycles. The molecule has 0 bridgehead atoms. The average molecular weight is 499 g/mol. The van der Waals surface area contributed by atoms with Crippen molar-refractivity contribution in [3.8, 4) is 0 Å². The summed E-state index contributed by atoms with van der Waals surface area (Å²) in [7, 11) is 0. The predicted octanol–water partition coefficient (Wildman–Crippen LogP) is 6.18. The summed E-state index contributed by atoms with van der Waals surface area (Å²) in [6.45, 7) is 14.0. The second-order valence-corrected chi connectivity index (χ2v) is 11.4. The molecule has 2 amide bonds. The standard InChI is InChI=1S/C30H43FN2O3/c1-7-20(4)29(36)33-18-12-17-24(30(33,5)6)22-15-11-16-23(25(22)31)28(35)32-26(27(34)19(2)3)21-13-9-8-10-14-21/h11,15-16,19,21,24,26H,4,7-10,12-14,17-18H2,1-3,5-6H3,(H,32,35). The fourth-order valence-corrected chi connectivity index (χ4v) is 5.99. The molecule has 1 aliphatic carbocycles. The Bertz CT molecular complexity index is 994. The van der Waals surface area contributed by atoms with Crippen LogP contribution in [0.1, 0.15) is 108 Å². The van der Waals surface area contributed by atoms with Gasteiger partial charge in [0.1, 0.15) is 5.82 Å². The SMILES string of the molecule is C=C(CC)C(=O)N1CCCC(c2cccc(C(=O)NC(C(=O)C(C)C)C3CCCCC3)c2F)C1(C)C. The van der Waals surface area contributed by atoms with E-state index in [0.29, 0.717) is 30.5 Å². The number of amides is 2. The van der Waals surface area contributed by atoms with Crippen LogP contribution in [0.3, 0.4) is 0 Å². The van der Waals surface area contributed by atoms with E-state index in [2.05, 4.69) is 11.9 Å². The Balaban J connectivity index is 1.89. The molecule has 1 aromatic carbocycles. The van der Waals surface area contributed by atoms with E-state index in [9.17, 15) is 14.4 Å². The molecule has 2 unspecified atom stereocenters. The normalized spacial score (nSPS) is 21.2. The van der Waals surface area contributed by atoms with E-state index in [1.807, 2.05) is 34.6 Å². The van der Waals surface area contributed by atoms with Gasteiger partial charge < -0.3 is 10.2 Å². The molecule has 1 N–H and O–H groups in total. The van der Waals surface area contributed by atoms with Crippen molar-refractivity contribution in [2.45, 2.75) is 103 Å². The van der Waals surface area contributed by atoms with Crippen LogP contribution in [-0.2, 0) is 9.59 Å². The van der Waals surface area contributed by atoms with Gasteiger partial charge in [0.25, 0.3) is 5.91 Å². The maximum Gasteiger partial charge on any atom is 0.254 e. The van der Waals surface area contributed by atoms with Gasteiger partial charge in [0.05, 0.1) is 11.6 Å². The zero-order valence-electron chi connectivity index (χ0n) is 22.7. The number of halogens is 1. The molecule has 0 radical (unpaired) electrons. The van der Waals surface area contributed by atoms with E-state index < -0.39 is 23.3 Å². The lowest BCUT2D eigenvalue weighted by atomic mass is 9.74. The van der Waals surface area contributed by atoms with E-state index in [-0.39, 0.29) is 35.0 Å². The summed E-state index contributed by atoms with van der Waals surface area (Å²) in [5.41, 5.74) is 0.307. The summed E-state index contributed by atoms with van der Waals surface area (Å²) >= 11 is 0. The first-order valence-electron chi connectivity index (χ1n) is 13.6. The highest BCUT2D eigenvalue weighted by atomic mass is 19.1. The van der Waals surface area contributed by atoms with Crippen LogP contribution >= 0.6 is 0 Å². The zero-order valence-corrected chi connectivity index (χ0v) is 22.7. The topological polar surface area (TPSA) is 66.5 Å². The molecular formula is C30H43FN2O3. The largest absolute Gasteiger partial charge is 0.342 e. The van der Waals surface area contributed by atoms with Gasteiger partial charge in [-0.2, -0.15) is 0 Å². The molecule has 1 aliphatic heterocycles. The van der Waals surface area contributed by atoms with Gasteiger partial charge in [0.15, 0.2) is 5.78 Å². The van der Waals surface area contributed by atoms with Crippen LogP contribution in [-0.4, -0.2) is 40.6 Å². The minimum Gasteiger partial charge on any atom is -0.342 e.